The van der Waals surface area contributed by atoms with E-state index >= 15 is 0 Å². The van der Waals surface area contributed by atoms with E-state index in [1.165, 1.54) is 6.07 Å². The third-order valence-electron chi connectivity index (χ3n) is 6.47. The fourth-order valence-electron chi connectivity index (χ4n) is 4.64. The number of ether oxygens (including phenoxy) is 1. The fourth-order valence-corrected chi connectivity index (χ4v) is 4.64. The minimum Gasteiger partial charge on any atom is -0.460 e. The molecular formula is C25H31N3O6. The Morgan fingerprint density at radius 3 is 2.44 bits per heavy atom. The third-order valence-corrected chi connectivity index (χ3v) is 6.47. The molecule has 1 saturated carbocycles. The lowest BCUT2D eigenvalue weighted by Crippen LogP contribution is -2.40. The van der Waals surface area contributed by atoms with Gasteiger partial charge in [-0.05, 0) is 51.2 Å². The zero-order valence-electron chi connectivity index (χ0n) is 19.5. The summed E-state index contributed by atoms with van der Waals surface area (Å²) in [5.41, 5.74) is -0.579. The normalized spacial score (nSPS) is 16.4. The van der Waals surface area contributed by atoms with Gasteiger partial charge < -0.3 is 23.9 Å². The van der Waals surface area contributed by atoms with Crippen molar-refractivity contribution in [2.45, 2.75) is 64.5 Å². The predicted molar refractivity (Wildman–Crippen MR) is 124 cm³/mol. The van der Waals surface area contributed by atoms with Crippen LogP contribution in [0, 0.1) is 0 Å². The van der Waals surface area contributed by atoms with E-state index in [0.717, 1.165) is 44.9 Å². The maximum Gasteiger partial charge on any atom is 0.374 e. The summed E-state index contributed by atoms with van der Waals surface area (Å²) in [5, 5.41) is 2.68. The van der Waals surface area contributed by atoms with Crippen molar-refractivity contribution in [1.29, 1.82) is 0 Å². The van der Waals surface area contributed by atoms with Crippen molar-refractivity contribution >= 4 is 17.8 Å². The molecule has 3 heterocycles. The summed E-state index contributed by atoms with van der Waals surface area (Å²) in [6.07, 6.45) is 10.2. The summed E-state index contributed by atoms with van der Waals surface area (Å²) >= 11 is 0. The number of pyridine rings is 1. The van der Waals surface area contributed by atoms with Gasteiger partial charge in [-0.2, -0.15) is 0 Å². The van der Waals surface area contributed by atoms with Gasteiger partial charge in [-0.3, -0.25) is 14.4 Å². The Morgan fingerprint density at radius 2 is 1.74 bits per heavy atom. The molecule has 0 unspecified atom stereocenters. The first-order valence-electron chi connectivity index (χ1n) is 12.1. The summed E-state index contributed by atoms with van der Waals surface area (Å²) in [4.78, 5) is 52.9. The van der Waals surface area contributed by atoms with E-state index in [0.29, 0.717) is 18.8 Å². The molecule has 182 valence electrons. The molecule has 2 amide bonds. The van der Waals surface area contributed by atoms with E-state index < -0.39 is 17.3 Å². The molecule has 0 spiro atoms. The average Bonchev–Trinajstić information content (AvgIpc) is 3.56. The maximum atomic E-state index is 13.2. The molecule has 2 fully saturated rings. The van der Waals surface area contributed by atoms with Gasteiger partial charge in [0.05, 0.1) is 13.2 Å². The number of carbonyl (C=O) groups excluding carboxylic acids is 3. The van der Waals surface area contributed by atoms with Crippen molar-refractivity contribution < 1.29 is 23.5 Å². The van der Waals surface area contributed by atoms with E-state index in [1.807, 2.05) is 4.57 Å². The number of esters is 1. The van der Waals surface area contributed by atoms with Crippen LogP contribution in [0.2, 0.25) is 0 Å². The van der Waals surface area contributed by atoms with Crippen LogP contribution in [0.5, 0.6) is 0 Å². The van der Waals surface area contributed by atoms with Gasteiger partial charge in [-0.1, -0.05) is 12.8 Å². The standard InChI is InChI=1S/C25H31N3O6/c1-2-33-25(32)21-11-10-18(34-21)14-26-23(30)19-15-28(17-8-4-5-9-17)16-20(22(19)29)24(31)27-12-6-3-7-13-27/h10-11,15-17H,2-9,12-14H2,1H3,(H,26,30). The highest BCUT2D eigenvalue weighted by Gasteiger charge is 2.27. The summed E-state index contributed by atoms with van der Waals surface area (Å²) in [6, 6.07) is 3.21. The van der Waals surface area contributed by atoms with E-state index in [2.05, 4.69) is 5.32 Å². The van der Waals surface area contributed by atoms with Crippen LogP contribution in [-0.2, 0) is 11.3 Å². The first-order chi connectivity index (χ1) is 16.5. The topological polar surface area (TPSA) is 111 Å². The number of amides is 2. The van der Waals surface area contributed by atoms with Crippen molar-refractivity contribution in [3.8, 4) is 0 Å². The van der Waals surface area contributed by atoms with Gasteiger partial charge in [0.2, 0.25) is 11.2 Å². The fraction of sp³-hybridized carbons (Fsp3) is 0.520. The Balaban J connectivity index is 1.56. The zero-order chi connectivity index (χ0) is 24.1. The van der Waals surface area contributed by atoms with Gasteiger partial charge in [-0.15, -0.1) is 0 Å². The number of likely N-dealkylation sites (tertiary alicyclic amines) is 1. The molecule has 0 atom stereocenters. The maximum absolute atomic E-state index is 13.2. The molecule has 1 aliphatic heterocycles. The largest absolute Gasteiger partial charge is 0.460 e. The molecule has 1 N–H and O–H groups in total. The Hall–Kier alpha value is -3.36. The van der Waals surface area contributed by atoms with Crippen LogP contribution in [0.4, 0.5) is 0 Å². The van der Waals surface area contributed by atoms with Crippen molar-refractivity contribution in [2.24, 2.45) is 0 Å². The van der Waals surface area contributed by atoms with Crippen LogP contribution in [0.25, 0.3) is 0 Å². The minimum absolute atomic E-state index is 0.00853. The van der Waals surface area contributed by atoms with E-state index in [9.17, 15) is 19.2 Å². The summed E-state index contributed by atoms with van der Waals surface area (Å²) in [6.45, 7) is 3.17. The van der Waals surface area contributed by atoms with Crippen LogP contribution < -0.4 is 10.7 Å². The first-order valence-corrected chi connectivity index (χ1v) is 12.1. The van der Waals surface area contributed by atoms with E-state index in [1.54, 1.807) is 30.3 Å². The number of nitrogens with one attached hydrogen (secondary N) is 1. The van der Waals surface area contributed by atoms with Crippen molar-refractivity contribution in [2.75, 3.05) is 19.7 Å². The molecular weight excluding hydrogens is 438 g/mol. The van der Waals surface area contributed by atoms with Crippen molar-refractivity contribution in [3.63, 3.8) is 0 Å². The summed E-state index contributed by atoms with van der Waals surface area (Å²) < 4.78 is 12.2. The molecule has 2 aromatic heterocycles. The summed E-state index contributed by atoms with van der Waals surface area (Å²) in [7, 11) is 0. The summed E-state index contributed by atoms with van der Waals surface area (Å²) in [5.74, 6) is -1.07. The number of carbonyl (C=O) groups is 3. The van der Waals surface area contributed by atoms with Crippen LogP contribution in [-0.4, -0.2) is 46.9 Å². The van der Waals surface area contributed by atoms with E-state index in [-0.39, 0.29) is 42.0 Å². The predicted octanol–water partition coefficient (Wildman–Crippen LogP) is 3.29. The van der Waals surface area contributed by atoms with Gasteiger partial charge in [0, 0.05) is 31.5 Å². The Kier molecular flexibility index (Phi) is 7.49. The smallest absolute Gasteiger partial charge is 0.374 e. The van der Waals surface area contributed by atoms with Gasteiger partial charge in [-0.25, -0.2) is 4.79 Å². The molecule has 9 heteroatoms. The number of hydrogen-bond acceptors (Lipinski definition) is 6. The number of hydrogen-bond donors (Lipinski definition) is 1. The molecule has 2 aliphatic rings. The van der Waals surface area contributed by atoms with Crippen LogP contribution in [0.1, 0.15) is 94.9 Å². The number of furan rings is 1. The number of piperidine rings is 1. The highest BCUT2D eigenvalue weighted by molar-refractivity contribution is 5.99. The molecule has 0 radical (unpaired) electrons. The monoisotopic (exact) mass is 469 g/mol. The van der Waals surface area contributed by atoms with Gasteiger partial charge in [0.1, 0.15) is 16.9 Å². The first kappa shape index (κ1) is 23.8. The molecule has 0 aromatic carbocycles. The second kappa shape index (κ2) is 10.7. The molecule has 4 rings (SSSR count). The Bertz CT molecular complexity index is 1110. The van der Waals surface area contributed by atoms with Crippen LogP contribution >= 0.6 is 0 Å². The highest BCUT2D eigenvalue weighted by Crippen LogP contribution is 2.29. The van der Waals surface area contributed by atoms with Gasteiger partial charge in [0.15, 0.2) is 0 Å². The van der Waals surface area contributed by atoms with Crippen LogP contribution in [0.15, 0.2) is 33.7 Å². The average molecular weight is 470 g/mol. The quantitative estimate of drug-likeness (QED) is 0.623. The van der Waals surface area contributed by atoms with Gasteiger partial charge >= 0.3 is 5.97 Å². The molecule has 1 aliphatic carbocycles. The lowest BCUT2D eigenvalue weighted by molar-refractivity contribution is 0.0487. The second-order valence-electron chi connectivity index (χ2n) is 8.82. The molecule has 1 saturated heterocycles. The zero-order valence-corrected chi connectivity index (χ0v) is 19.5. The SMILES string of the molecule is CCOC(=O)c1ccc(CNC(=O)c2cn(C3CCCC3)cc(C(=O)N3CCCCC3)c2=O)o1. The molecule has 2 aromatic rings. The number of rotatable bonds is 7. The lowest BCUT2D eigenvalue weighted by Gasteiger charge is -2.27. The molecule has 9 nitrogen and oxygen atoms in total. The van der Waals surface area contributed by atoms with Gasteiger partial charge in [0.25, 0.3) is 11.8 Å². The lowest BCUT2D eigenvalue weighted by atomic mass is 10.1. The molecule has 0 bridgehead atoms. The third kappa shape index (κ3) is 5.24. The Morgan fingerprint density at radius 1 is 1.03 bits per heavy atom. The number of aromatic nitrogens is 1. The number of nitrogens with zero attached hydrogens (tertiary/aromatic N) is 2. The van der Waals surface area contributed by atoms with Crippen LogP contribution in [0.3, 0.4) is 0 Å². The molecule has 34 heavy (non-hydrogen) atoms. The van der Waals surface area contributed by atoms with Crippen molar-refractivity contribution in [1.82, 2.24) is 14.8 Å². The second-order valence-corrected chi connectivity index (χ2v) is 8.82. The van der Waals surface area contributed by atoms with Crippen molar-refractivity contribution in [3.05, 3.63) is 57.4 Å². The Labute approximate surface area is 198 Å². The minimum atomic E-state index is -0.584. The van der Waals surface area contributed by atoms with E-state index in [4.69, 9.17) is 9.15 Å². The highest BCUT2D eigenvalue weighted by atomic mass is 16.5.